The molecule has 1 N–H and O–H groups in total. The minimum Gasteiger partial charge on any atom is -0.352 e. The Morgan fingerprint density at radius 2 is 1.74 bits per heavy atom. The molecule has 2 aromatic rings. The molecule has 0 aliphatic carbocycles. The first kappa shape index (κ1) is 20.1. The van der Waals surface area contributed by atoms with Crippen LogP contribution >= 0.6 is 22.9 Å². The van der Waals surface area contributed by atoms with Crippen molar-refractivity contribution in [3.05, 3.63) is 56.7 Å². The number of rotatable bonds is 8. The lowest BCUT2D eigenvalue weighted by Crippen LogP contribution is -2.30. The van der Waals surface area contributed by atoms with Gasteiger partial charge in [-0.2, -0.15) is 0 Å². The number of carbonyl (C=O) groups is 2. The maximum atomic E-state index is 12.2. The molecule has 6 heteroatoms. The van der Waals surface area contributed by atoms with Crippen LogP contribution in [0, 0.1) is 0 Å². The average molecular weight is 405 g/mol. The smallest absolute Gasteiger partial charge is 0.220 e. The second kappa shape index (κ2) is 10.0. The Morgan fingerprint density at radius 3 is 2.44 bits per heavy atom. The summed E-state index contributed by atoms with van der Waals surface area (Å²) in [6.45, 7) is 3.73. The van der Waals surface area contributed by atoms with Crippen LogP contribution in [-0.2, 0) is 17.9 Å². The van der Waals surface area contributed by atoms with Crippen LogP contribution in [0.5, 0.6) is 0 Å². The van der Waals surface area contributed by atoms with Crippen molar-refractivity contribution in [2.24, 2.45) is 0 Å². The molecule has 0 spiro atoms. The molecule has 1 fully saturated rings. The zero-order valence-electron chi connectivity index (χ0n) is 15.4. The predicted octanol–water partition coefficient (Wildman–Crippen LogP) is 4.67. The van der Waals surface area contributed by atoms with Crippen molar-refractivity contribution in [2.45, 2.75) is 45.2 Å². The molecule has 0 unspecified atom stereocenters. The largest absolute Gasteiger partial charge is 0.352 e. The van der Waals surface area contributed by atoms with Crippen molar-refractivity contribution in [1.29, 1.82) is 0 Å². The van der Waals surface area contributed by atoms with Gasteiger partial charge in [0.1, 0.15) is 0 Å². The second-order valence-electron chi connectivity index (χ2n) is 6.91. The lowest BCUT2D eigenvalue weighted by Gasteiger charge is -2.27. The number of ketones is 1. The van der Waals surface area contributed by atoms with Gasteiger partial charge in [-0.25, -0.2) is 0 Å². The molecule has 0 saturated carbocycles. The van der Waals surface area contributed by atoms with E-state index in [-0.39, 0.29) is 24.5 Å². The summed E-state index contributed by atoms with van der Waals surface area (Å²) in [4.78, 5) is 27.3. The first-order valence-electron chi connectivity index (χ1n) is 9.46. The van der Waals surface area contributed by atoms with Gasteiger partial charge >= 0.3 is 0 Å². The van der Waals surface area contributed by atoms with Crippen LogP contribution in [-0.4, -0.2) is 29.7 Å². The molecule has 144 valence electrons. The Balaban J connectivity index is 1.47. The number of piperidine rings is 1. The van der Waals surface area contributed by atoms with Crippen molar-refractivity contribution < 1.29 is 9.59 Å². The summed E-state index contributed by atoms with van der Waals surface area (Å²) in [6.07, 6.45) is 4.26. The van der Waals surface area contributed by atoms with Crippen LogP contribution in [0.3, 0.4) is 0 Å². The summed E-state index contributed by atoms with van der Waals surface area (Å²) < 4.78 is 0.591. The van der Waals surface area contributed by atoms with E-state index in [1.165, 1.54) is 36.2 Å². The molecule has 1 aliphatic heterocycles. The van der Waals surface area contributed by atoms with E-state index < -0.39 is 0 Å². The van der Waals surface area contributed by atoms with E-state index in [0.717, 1.165) is 25.2 Å². The Hall–Kier alpha value is -1.69. The average Bonchev–Trinajstić information content (AvgIpc) is 3.13. The minimum absolute atomic E-state index is 0.0347. The first-order chi connectivity index (χ1) is 13.1. The molecule has 2 heterocycles. The molecular formula is C21H25ClN2O2S. The minimum atomic E-state index is -0.0984. The van der Waals surface area contributed by atoms with Gasteiger partial charge in [0, 0.05) is 25.9 Å². The molecule has 0 atom stereocenters. The van der Waals surface area contributed by atoms with Gasteiger partial charge in [-0.3, -0.25) is 14.5 Å². The number of nitrogens with one attached hydrogen (secondary N) is 1. The number of nitrogens with zero attached hydrogens (tertiary/aromatic N) is 1. The van der Waals surface area contributed by atoms with E-state index >= 15 is 0 Å². The van der Waals surface area contributed by atoms with Crippen LogP contribution in [0.15, 0.2) is 36.4 Å². The lowest BCUT2D eigenvalue weighted by atomic mass is 10.0. The molecule has 3 rings (SSSR count). The number of benzene rings is 1. The number of thiophene rings is 1. The Morgan fingerprint density at radius 1 is 1.00 bits per heavy atom. The number of amides is 1. The molecule has 4 nitrogen and oxygen atoms in total. The van der Waals surface area contributed by atoms with Crippen molar-refractivity contribution in [2.75, 3.05) is 13.1 Å². The summed E-state index contributed by atoms with van der Waals surface area (Å²) in [6, 6.07) is 11.7. The van der Waals surface area contributed by atoms with Gasteiger partial charge < -0.3 is 5.32 Å². The summed E-state index contributed by atoms with van der Waals surface area (Å²) in [5.41, 5.74) is 2.41. The highest BCUT2D eigenvalue weighted by molar-refractivity contribution is 7.18. The standard InChI is InChI=1S/C21H25ClN2O2S/c22-20-10-9-19(27-20)18(25)8-11-21(26)23-14-16-6-2-3-7-17(16)15-24-12-4-1-5-13-24/h2-3,6-7,9-10H,1,4-5,8,11-15H2,(H,23,26). The van der Waals surface area contributed by atoms with Crippen molar-refractivity contribution in [3.8, 4) is 0 Å². The molecule has 0 radical (unpaired) electrons. The number of hydrogen-bond acceptors (Lipinski definition) is 4. The fourth-order valence-electron chi connectivity index (χ4n) is 3.34. The fourth-order valence-corrected chi connectivity index (χ4v) is 4.35. The summed E-state index contributed by atoms with van der Waals surface area (Å²) in [5.74, 6) is -0.133. The van der Waals surface area contributed by atoms with Gasteiger partial charge in [-0.15, -0.1) is 11.3 Å². The van der Waals surface area contributed by atoms with E-state index in [1.807, 2.05) is 6.07 Å². The molecule has 1 aromatic carbocycles. The van der Waals surface area contributed by atoms with Crippen LogP contribution in [0.25, 0.3) is 0 Å². The monoisotopic (exact) mass is 404 g/mol. The van der Waals surface area contributed by atoms with Crippen molar-refractivity contribution in [1.82, 2.24) is 10.2 Å². The van der Waals surface area contributed by atoms with Crippen LogP contribution in [0.1, 0.15) is 52.9 Å². The molecule has 0 bridgehead atoms. The highest BCUT2D eigenvalue weighted by Crippen LogP contribution is 2.23. The van der Waals surface area contributed by atoms with Crippen molar-refractivity contribution >= 4 is 34.6 Å². The Labute approximate surface area is 169 Å². The lowest BCUT2D eigenvalue weighted by molar-refractivity contribution is -0.121. The number of carbonyl (C=O) groups excluding carboxylic acids is 2. The normalized spacial score (nSPS) is 14.9. The molecule has 1 saturated heterocycles. The summed E-state index contributed by atoms with van der Waals surface area (Å²) in [7, 11) is 0. The van der Waals surface area contributed by atoms with E-state index in [4.69, 9.17) is 11.6 Å². The maximum absolute atomic E-state index is 12.2. The third-order valence-electron chi connectivity index (χ3n) is 4.86. The second-order valence-corrected chi connectivity index (χ2v) is 8.62. The summed E-state index contributed by atoms with van der Waals surface area (Å²) in [5, 5.41) is 2.96. The SMILES string of the molecule is O=C(CCC(=O)c1ccc(Cl)s1)NCc1ccccc1CN1CCCCC1. The number of halogens is 1. The number of likely N-dealkylation sites (tertiary alicyclic amines) is 1. The maximum Gasteiger partial charge on any atom is 0.220 e. The molecular weight excluding hydrogens is 380 g/mol. The Bertz CT molecular complexity index is 784. The number of hydrogen-bond donors (Lipinski definition) is 1. The fraction of sp³-hybridized carbons (Fsp3) is 0.429. The zero-order valence-corrected chi connectivity index (χ0v) is 17.0. The summed E-state index contributed by atoms with van der Waals surface area (Å²) >= 11 is 7.11. The quantitative estimate of drug-likeness (QED) is 0.650. The molecule has 1 aromatic heterocycles. The van der Waals surface area contributed by atoms with Gasteiger partial charge in [0.25, 0.3) is 0 Å². The van der Waals surface area contributed by atoms with Gasteiger partial charge in [0.2, 0.25) is 5.91 Å². The van der Waals surface area contributed by atoms with Crippen LogP contribution < -0.4 is 5.32 Å². The molecule has 1 aliphatic rings. The van der Waals surface area contributed by atoms with E-state index in [2.05, 4.69) is 28.4 Å². The zero-order chi connectivity index (χ0) is 19.1. The topological polar surface area (TPSA) is 49.4 Å². The van der Waals surface area contributed by atoms with Gasteiger partial charge in [-0.1, -0.05) is 42.3 Å². The first-order valence-corrected chi connectivity index (χ1v) is 10.7. The number of Topliss-reactive ketones (excluding diaryl/α,β-unsaturated/α-hetero) is 1. The van der Waals surface area contributed by atoms with Crippen LogP contribution in [0.4, 0.5) is 0 Å². The Kier molecular flexibility index (Phi) is 7.44. The van der Waals surface area contributed by atoms with Gasteiger partial charge in [0.05, 0.1) is 9.21 Å². The molecule has 27 heavy (non-hydrogen) atoms. The third-order valence-corrected chi connectivity index (χ3v) is 6.14. The van der Waals surface area contributed by atoms with E-state index in [0.29, 0.717) is 15.8 Å². The van der Waals surface area contributed by atoms with E-state index in [9.17, 15) is 9.59 Å². The van der Waals surface area contributed by atoms with Gasteiger partial charge in [0.15, 0.2) is 5.78 Å². The highest BCUT2D eigenvalue weighted by Gasteiger charge is 2.14. The van der Waals surface area contributed by atoms with E-state index in [1.54, 1.807) is 12.1 Å². The third kappa shape index (κ3) is 6.16. The van der Waals surface area contributed by atoms with Gasteiger partial charge in [-0.05, 0) is 49.2 Å². The highest BCUT2D eigenvalue weighted by atomic mass is 35.5. The van der Waals surface area contributed by atoms with Crippen LogP contribution in [0.2, 0.25) is 4.34 Å². The predicted molar refractivity (Wildman–Crippen MR) is 110 cm³/mol. The van der Waals surface area contributed by atoms with Crippen molar-refractivity contribution in [3.63, 3.8) is 0 Å². The molecule has 1 amide bonds.